The van der Waals surface area contributed by atoms with Gasteiger partial charge < -0.3 is 4.57 Å². The number of nitro benzene ring substituents is 1. The lowest BCUT2D eigenvalue weighted by Crippen LogP contribution is -2.17. The zero-order valence-corrected chi connectivity index (χ0v) is 19.8. The Bertz CT molecular complexity index is 1510. The molecule has 5 nitrogen and oxygen atoms in total. The first kappa shape index (κ1) is 22.5. The van der Waals surface area contributed by atoms with E-state index in [1.54, 1.807) is 18.2 Å². The number of rotatable bonds is 7. The van der Waals surface area contributed by atoms with Crippen LogP contribution in [0, 0.1) is 10.1 Å². The van der Waals surface area contributed by atoms with Crippen LogP contribution in [0.3, 0.4) is 0 Å². The Hall–Kier alpha value is -4.29. The second kappa shape index (κ2) is 10.3. The number of aromatic nitrogens is 1. The van der Waals surface area contributed by atoms with E-state index in [9.17, 15) is 10.1 Å². The molecule has 0 aliphatic carbocycles. The topological polar surface area (TPSA) is 60.4 Å². The van der Waals surface area contributed by atoms with E-state index in [4.69, 9.17) is 4.99 Å². The highest BCUT2D eigenvalue weighted by Crippen LogP contribution is 2.28. The van der Waals surface area contributed by atoms with Gasteiger partial charge in [-0.25, -0.2) is 4.99 Å². The Morgan fingerprint density at radius 1 is 0.743 bits per heavy atom. The molecule has 4 aromatic carbocycles. The van der Waals surface area contributed by atoms with Gasteiger partial charge in [0.2, 0.25) is 0 Å². The molecule has 0 aliphatic rings. The van der Waals surface area contributed by atoms with Crippen molar-refractivity contribution in [2.24, 2.45) is 4.99 Å². The summed E-state index contributed by atoms with van der Waals surface area (Å²) in [5.41, 5.74) is 6.05. The fourth-order valence-electron chi connectivity index (χ4n) is 4.03. The van der Waals surface area contributed by atoms with Gasteiger partial charge >= 0.3 is 0 Å². The monoisotopic (exact) mass is 477 g/mol. The fourth-order valence-corrected chi connectivity index (χ4v) is 4.98. The summed E-state index contributed by atoms with van der Waals surface area (Å²) >= 11 is 1.50. The molecular weight excluding hydrogens is 454 g/mol. The molecule has 0 spiro atoms. The van der Waals surface area contributed by atoms with E-state index in [-0.39, 0.29) is 10.6 Å². The van der Waals surface area contributed by atoms with Crippen molar-refractivity contribution >= 4 is 22.7 Å². The molecule has 0 radical (unpaired) electrons. The molecule has 0 fully saturated rings. The van der Waals surface area contributed by atoms with Crippen LogP contribution in [0.2, 0.25) is 0 Å². The van der Waals surface area contributed by atoms with E-state index >= 15 is 0 Å². The summed E-state index contributed by atoms with van der Waals surface area (Å²) < 4.78 is 2.16. The number of hydrogen-bond acceptors (Lipinski definition) is 4. The quantitative estimate of drug-likeness (QED) is 0.183. The third-order valence-electron chi connectivity index (χ3n) is 5.85. The number of thiazole rings is 1. The van der Waals surface area contributed by atoms with Crippen molar-refractivity contribution in [3.05, 3.63) is 135 Å². The maximum Gasteiger partial charge on any atom is 0.294 e. The summed E-state index contributed by atoms with van der Waals surface area (Å²) in [6.07, 6.45) is 0.830. The number of aryl methyl sites for hydroxylation is 1. The molecule has 5 rings (SSSR count). The van der Waals surface area contributed by atoms with Crippen LogP contribution in [0.15, 0.2) is 120 Å². The lowest BCUT2D eigenvalue weighted by Gasteiger charge is -2.10. The Morgan fingerprint density at radius 2 is 1.34 bits per heavy atom. The molecule has 0 unspecified atom stereocenters. The van der Waals surface area contributed by atoms with E-state index in [1.165, 1.54) is 28.5 Å². The molecule has 0 N–H and O–H groups in total. The zero-order valence-electron chi connectivity index (χ0n) is 19.0. The first-order valence-corrected chi connectivity index (χ1v) is 12.2. The number of para-hydroxylation sites is 2. The summed E-state index contributed by atoms with van der Waals surface area (Å²) in [6.45, 7) is 0.711. The van der Waals surface area contributed by atoms with Gasteiger partial charge in [0.05, 0.1) is 10.6 Å². The minimum absolute atomic E-state index is 0.00396. The van der Waals surface area contributed by atoms with E-state index < -0.39 is 0 Å². The highest BCUT2D eigenvalue weighted by molar-refractivity contribution is 7.07. The summed E-state index contributed by atoms with van der Waals surface area (Å²) in [7, 11) is 0. The van der Waals surface area contributed by atoms with Crippen LogP contribution >= 0.6 is 11.3 Å². The largest absolute Gasteiger partial charge is 0.316 e. The third kappa shape index (κ3) is 5.13. The first-order valence-electron chi connectivity index (χ1n) is 11.4. The Kier molecular flexibility index (Phi) is 6.63. The average Bonchev–Trinajstić information content (AvgIpc) is 3.31. The van der Waals surface area contributed by atoms with Gasteiger partial charge in [0, 0.05) is 18.0 Å². The van der Waals surface area contributed by atoms with Crippen molar-refractivity contribution in [1.82, 2.24) is 4.57 Å². The highest BCUT2D eigenvalue weighted by atomic mass is 32.1. The predicted molar refractivity (Wildman–Crippen MR) is 142 cm³/mol. The molecular formula is C29H23N3O2S. The molecule has 5 aromatic rings. The average molecular weight is 478 g/mol. The molecule has 172 valence electrons. The number of hydrogen-bond donors (Lipinski definition) is 0. The van der Waals surface area contributed by atoms with Gasteiger partial charge in [0.1, 0.15) is 5.69 Å². The zero-order chi connectivity index (χ0) is 24.0. The van der Waals surface area contributed by atoms with E-state index in [0.29, 0.717) is 12.2 Å². The standard InChI is InChI=1S/C29H23N3O2S/c33-32(34)27-14-8-7-13-26(27)30-29-31(20-19-22-9-3-1-4-10-22)28(21-35-29)25-17-15-24(16-18-25)23-11-5-2-6-12-23/h1-18,21H,19-20H2. The Balaban J connectivity index is 1.56. The van der Waals surface area contributed by atoms with Crippen LogP contribution in [-0.4, -0.2) is 9.49 Å². The number of nitrogens with zero attached hydrogens (tertiary/aromatic N) is 3. The summed E-state index contributed by atoms with van der Waals surface area (Å²) in [5, 5.41) is 13.6. The van der Waals surface area contributed by atoms with Gasteiger partial charge in [-0.15, -0.1) is 11.3 Å². The summed E-state index contributed by atoms with van der Waals surface area (Å²) in [4.78, 5) is 16.6. The molecule has 0 amide bonds. The van der Waals surface area contributed by atoms with Gasteiger partial charge in [-0.1, -0.05) is 97.1 Å². The van der Waals surface area contributed by atoms with Crippen molar-refractivity contribution < 1.29 is 4.92 Å². The smallest absolute Gasteiger partial charge is 0.294 e. The van der Waals surface area contributed by atoms with Crippen LogP contribution in [0.1, 0.15) is 5.56 Å². The van der Waals surface area contributed by atoms with Gasteiger partial charge in [0.25, 0.3) is 5.69 Å². The van der Waals surface area contributed by atoms with Crippen LogP contribution in [0.5, 0.6) is 0 Å². The van der Waals surface area contributed by atoms with Crippen molar-refractivity contribution in [2.45, 2.75) is 13.0 Å². The van der Waals surface area contributed by atoms with Gasteiger partial charge in [-0.05, 0) is 34.7 Å². The SMILES string of the molecule is O=[N+]([O-])c1ccccc1N=c1scc(-c2ccc(-c3ccccc3)cc2)n1CCc1ccccc1. The Morgan fingerprint density at radius 3 is 2.06 bits per heavy atom. The normalized spacial score (nSPS) is 11.5. The Labute approximate surface area is 207 Å². The van der Waals surface area contributed by atoms with Crippen LogP contribution in [0.25, 0.3) is 22.4 Å². The minimum atomic E-state index is -0.385. The van der Waals surface area contributed by atoms with Crippen LogP contribution in [0.4, 0.5) is 11.4 Å². The maximum atomic E-state index is 11.5. The number of benzene rings is 4. The van der Waals surface area contributed by atoms with Gasteiger partial charge in [-0.2, -0.15) is 0 Å². The molecule has 1 heterocycles. The summed E-state index contributed by atoms with van der Waals surface area (Å²) in [6, 6.07) is 35.7. The summed E-state index contributed by atoms with van der Waals surface area (Å²) in [5.74, 6) is 0. The second-order valence-corrected chi connectivity index (χ2v) is 8.93. The van der Waals surface area contributed by atoms with E-state index in [0.717, 1.165) is 28.0 Å². The lowest BCUT2D eigenvalue weighted by molar-refractivity contribution is -0.384. The molecule has 0 aliphatic heterocycles. The molecule has 0 atom stereocenters. The van der Waals surface area contributed by atoms with Gasteiger partial charge in [-0.3, -0.25) is 10.1 Å². The lowest BCUT2D eigenvalue weighted by atomic mass is 10.0. The van der Waals surface area contributed by atoms with E-state index in [2.05, 4.69) is 58.5 Å². The molecule has 6 heteroatoms. The first-order chi connectivity index (χ1) is 17.2. The van der Waals surface area contributed by atoms with E-state index in [1.807, 2.05) is 36.4 Å². The highest BCUT2D eigenvalue weighted by Gasteiger charge is 2.14. The number of nitro groups is 1. The second-order valence-electron chi connectivity index (χ2n) is 8.09. The molecule has 35 heavy (non-hydrogen) atoms. The predicted octanol–water partition coefficient (Wildman–Crippen LogP) is 7.27. The van der Waals surface area contributed by atoms with Crippen molar-refractivity contribution in [3.8, 4) is 22.4 Å². The van der Waals surface area contributed by atoms with Crippen LogP contribution in [-0.2, 0) is 13.0 Å². The molecule has 0 saturated carbocycles. The fraction of sp³-hybridized carbons (Fsp3) is 0.0690. The minimum Gasteiger partial charge on any atom is -0.316 e. The van der Waals surface area contributed by atoms with Crippen LogP contribution < -0.4 is 4.80 Å². The molecule has 1 aromatic heterocycles. The van der Waals surface area contributed by atoms with Crippen molar-refractivity contribution in [3.63, 3.8) is 0 Å². The van der Waals surface area contributed by atoms with Gasteiger partial charge in [0.15, 0.2) is 4.80 Å². The molecule has 0 bridgehead atoms. The van der Waals surface area contributed by atoms with Crippen molar-refractivity contribution in [1.29, 1.82) is 0 Å². The maximum absolute atomic E-state index is 11.5. The third-order valence-corrected chi connectivity index (χ3v) is 6.71. The molecule has 0 saturated heterocycles. The van der Waals surface area contributed by atoms with Crippen molar-refractivity contribution in [2.75, 3.05) is 0 Å².